The number of aromatic nitrogens is 5. The Hall–Kier alpha value is -3.96. The number of hydrogen-bond acceptors (Lipinski definition) is 10. The first-order valence-electron chi connectivity index (χ1n) is 12.2. The van der Waals surface area contributed by atoms with Crippen molar-refractivity contribution < 1.29 is 9.47 Å². The second kappa shape index (κ2) is 9.59. The van der Waals surface area contributed by atoms with Crippen molar-refractivity contribution in [3.8, 4) is 17.1 Å². The van der Waals surface area contributed by atoms with E-state index in [1.165, 1.54) is 6.20 Å². The fourth-order valence-corrected chi connectivity index (χ4v) is 4.67. The van der Waals surface area contributed by atoms with Crippen LogP contribution < -0.4 is 20.7 Å². The number of hydrogen-bond donors (Lipinski definition) is 2. The van der Waals surface area contributed by atoms with Gasteiger partial charge in [-0.05, 0) is 19.1 Å². The van der Waals surface area contributed by atoms with E-state index in [1.807, 2.05) is 29.8 Å². The van der Waals surface area contributed by atoms with Crippen molar-refractivity contribution in [2.75, 3.05) is 62.0 Å². The van der Waals surface area contributed by atoms with Gasteiger partial charge in [0.1, 0.15) is 23.0 Å². The zero-order valence-electron chi connectivity index (χ0n) is 20.2. The highest BCUT2D eigenvalue weighted by atomic mass is 16.5. The molecule has 11 nitrogen and oxygen atoms in total. The quantitative estimate of drug-likeness (QED) is 0.402. The van der Waals surface area contributed by atoms with Crippen LogP contribution in [-0.2, 0) is 4.74 Å². The number of imidazole rings is 1. The average molecular weight is 488 g/mol. The Morgan fingerprint density at radius 1 is 1.11 bits per heavy atom. The van der Waals surface area contributed by atoms with Gasteiger partial charge in [0, 0.05) is 56.5 Å². The molecule has 0 aliphatic carbocycles. The van der Waals surface area contributed by atoms with Crippen LogP contribution in [0.15, 0.2) is 49.2 Å². The zero-order chi connectivity index (χ0) is 24.5. The van der Waals surface area contributed by atoms with Gasteiger partial charge in [0.2, 0.25) is 0 Å². The van der Waals surface area contributed by atoms with Crippen molar-refractivity contribution in [3.05, 3.63) is 49.2 Å². The van der Waals surface area contributed by atoms with Gasteiger partial charge in [-0.15, -0.1) is 0 Å². The monoisotopic (exact) mass is 487 g/mol. The van der Waals surface area contributed by atoms with E-state index in [1.54, 1.807) is 12.4 Å². The molecular formula is C25H29N9O2. The lowest BCUT2D eigenvalue weighted by molar-refractivity contribution is -0.0660. The Bertz CT molecular complexity index is 1360. The fourth-order valence-electron chi connectivity index (χ4n) is 4.67. The van der Waals surface area contributed by atoms with Crippen LogP contribution in [0, 0.1) is 0 Å². The fraction of sp³-hybridized carbons (Fsp3) is 0.360. The molecular weight excluding hydrogens is 458 g/mol. The lowest BCUT2D eigenvalue weighted by atomic mass is 10.1. The molecule has 3 N–H and O–H groups in total. The standard InChI is InChI=1S/C25H29N9O2/c1-2-36-22-11-17(3-4-21(22)33-9-7-32(8-10-33)18-15-35-16-18)29-24-25-28-5-6-34(25)14-20(31-24)19-12-27-13-23(26)30-19/h3-6,11-14,18H,2,7-10,15-16H2,1H3,(H2,26,30)(H,29,31). The second-order valence-electron chi connectivity index (χ2n) is 8.92. The van der Waals surface area contributed by atoms with Crippen molar-refractivity contribution in [1.82, 2.24) is 29.2 Å². The van der Waals surface area contributed by atoms with Gasteiger partial charge in [0.05, 0.1) is 43.9 Å². The number of nitrogens with one attached hydrogen (secondary N) is 1. The minimum Gasteiger partial charge on any atom is -0.492 e. The third-order valence-electron chi connectivity index (χ3n) is 6.60. The summed E-state index contributed by atoms with van der Waals surface area (Å²) in [4.78, 5) is 22.7. The lowest BCUT2D eigenvalue weighted by Gasteiger charge is -2.43. The van der Waals surface area contributed by atoms with E-state index in [-0.39, 0.29) is 0 Å². The van der Waals surface area contributed by atoms with Crippen molar-refractivity contribution in [2.45, 2.75) is 13.0 Å². The molecule has 2 aliphatic heterocycles. The summed E-state index contributed by atoms with van der Waals surface area (Å²) in [6, 6.07) is 6.77. The van der Waals surface area contributed by atoms with Crippen LogP contribution in [0.4, 0.5) is 23.0 Å². The van der Waals surface area contributed by atoms with E-state index in [4.69, 9.17) is 20.2 Å². The number of nitrogens with zero attached hydrogens (tertiary/aromatic N) is 7. The van der Waals surface area contributed by atoms with Crippen LogP contribution >= 0.6 is 0 Å². The summed E-state index contributed by atoms with van der Waals surface area (Å²) in [6.07, 6.45) is 8.62. The minimum atomic E-state index is 0.341. The molecule has 36 heavy (non-hydrogen) atoms. The number of anilines is 4. The molecule has 5 heterocycles. The number of nitrogens with two attached hydrogens (primary N) is 1. The summed E-state index contributed by atoms with van der Waals surface area (Å²) in [5.74, 6) is 1.79. The summed E-state index contributed by atoms with van der Waals surface area (Å²) in [6.45, 7) is 8.28. The molecule has 0 amide bonds. The second-order valence-corrected chi connectivity index (χ2v) is 8.92. The van der Waals surface area contributed by atoms with E-state index in [9.17, 15) is 0 Å². The highest BCUT2D eigenvalue weighted by molar-refractivity contribution is 5.75. The number of rotatable bonds is 7. The predicted molar refractivity (Wildman–Crippen MR) is 138 cm³/mol. The van der Waals surface area contributed by atoms with Gasteiger partial charge >= 0.3 is 0 Å². The van der Waals surface area contributed by atoms with Crippen LogP contribution in [0.1, 0.15) is 6.92 Å². The molecule has 3 aromatic heterocycles. The first-order valence-corrected chi connectivity index (χ1v) is 12.2. The number of nitrogen functional groups attached to an aromatic ring is 1. The van der Waals surface area contributed by atoms with Crippen molar-refractivity contribution in [2.24, 2.45) is 0 Å². The summed E-state index contributed by atoms with van der Waals surface area (Å²) in [7, 11) is 0. The number of fused-ring (bicyclic) bond motifs is 1. The maximum Gasteiger partial charge on any atom is 0.180 e. The largest absolute Gasteiger partial charge is 0.492 e. The van der Waals surface area contributed by atoms with Gasteiger partial charge < -0.3 is 29.8 Å². The average Bonchev–Trinajstić information content (AvgIpc) is 3.33. The van der Waals surface area contributed by atoms with Crippen molar-refractivity contribution in [1.29, 1.82) is 0 Å². The van der Waals surface area contributed by atoms with Crippen LogP contribution in [0.5, 0.6) is 5.75 Å². The maximum atomic E-state index is 6.07. The molecule has 0 bridgehead atoms. The summed E-state index contributed by atoms with van der Waals surface area (Å²) in [5, 5.41) is 3.43. The molecule has 1 aromatic carbocycles. The van der Waals surface area contributed by atoms with Crippen LogP contribution in [0.2, 0.25) is 0 Å². The van der Waals surface area contributed by atoms with Crippen LogP contribution in [0.25, 0.3) is 17.0 Å². The molecule has 2 aliphatic rings. The number of ether oxygens (including phenoxy) is 2. The highest BCUT2D eigenvalue weighted by Gasteiger charge is 2.29. The Kier molecular flexibility index (Phi) is 5.99. The summed E-state index contributed by atoms with van der Waals surface area (Å²) >= 11 is 0. The van der Waals surface area contributed by atoms with E-state index in [2.05, 4.69) is 42.2 Å². The highest BCUT2D eigenvalue weighted by Crippen LogP contribution is 2.34. The molecule has 2 fully saturated rings. The lowest BCUT2D eigenvalue weighted by Crippen LogP contribution is -2.56. The Morgan fingerprint density at radius 2 is 1.97 bits per heavy atom. The molecule has 11 heteroatoms. The summed E-state index contributed by atoms with van der Waals surface area (Å²) < 4.78 is 13.3. The van der Waals surface area contributed by atoms with Gasteiger partial charge in [-0.25, -0.2) is 15.0 Å². The Morgan fingerprint density at radius 3 is 2.72 bits per heavy atom. The van der Waals surface area contributed by atoms with Gasteiger partial charge in [0.25, 0.3) is 0 Å². The molecule has 0 spiro atoms. The normalized spacial score (nSPS) is 16.8. The SMILES string of the molecule is CCOc1cc(Nc2nc(-c3cncc(N)n3)cn3ccnc23)ccc1N1CCN(C2COC2)CC1. The molecule has 4 aromatic rings. The van der Waals surface area contributed by atoms with E-state index in [0.29, 0.717) is 41.3 Å². The number of piperazine rings is 1. The van der Waals surface area contributed by atoms with E-state index < -0.39 is 0 Å². The van der Waals surface area contributed by atoms with E-state index in [0.717, 1.165) is 56.5 Å². The van der Waals surface area contributed by atoms with Gasteiger partial charge in [-0.2, -0.15) is 0 Å². The van der Waals surface area contributed by atoms with Crippen molar-refractivity contribution >= 4 is 28.7 Å². The molecule has 2 saturated heterocycles. The minimum absolute atomic E-state index is 0.341. The molecule has 6 rings (SSSR count). The van der Waals surface area contributed by atoms with Crippen molar-refractivity contribution in [3.63, 3.8) is 0 Å². The Labute approximate surface area is 208 Å². The molecule has 0 radical (unpaired) electrons. The molecule has 186 valence electrons. The maximum absolute atomic E-state index is 6.07. The molecule has 0 saturated carbocycles. The van der Waals surface area contributed by atoms with E-state index >= 15 is 0 Å². The summed E-state index contributed by atoms with van der Waals surface area (Å²) in [5.41, 5.74) is 9.74. The molecule has 0 unspecified atom stereocenters. The third-order valence-corrected chi connectivity index (χ3v) is 6.60. The molecule has 0 atom stereocenters. The third kappa shape index (κ3) is 4.38. The van der Waals surface area contributed by atoms with Gasteiger partial charge in [-0.3, -0.25) is 9.88 Å². The van der Waals surface area contributed by atoms with Crippen LogP contribution in [0.3, 0.4) is 0 Å². The number of benzene rings is 1. The van der Waals surface area contributed by atoms with Crippen LogP contribution in [-0.4, -0.2) is 81.3 Å². The first-order chi connectivity index (χ1) is 17.7. The first kappa shape index (κ1) is 22.5. The van der Waals surface area contributed by atoms with Gasteiger partial charge in [-0.1, -0.05) is 0 Å². The zero-order valence-corrected chi connectivity index (χ0v) is 20.2. The predicted octanol–water partition coefficient (Wildman–Crippen LogP) is 2.43. The smallest absolute Gasteiger partial charge is 0.180 e. The van der Waals surface area contributed by atoms with Gasteiger partial charge in [0.15, 0.2) is 11.5 Å². The topological polar surface area (TPSA) is 119 Å². The Balaban J connectivity index is 1.27.